The number of benzene rings is 5. The molecule has 19 nitrogen and oxygen atoms in total. The Morgan fingerprint density at radius 1 is 0.480 bits per heavy atom. The van der Waals surface area contributed by atoms with Crippen LogP contribution in [-0.4, -0.2) is 137 Å². The van der Waals surface area contributed by atoms with Crippen molar-refractivity contribution in [3.8, 4) is 0 Å². The molecule has 4 amide bonds. The molecular formula is C55H48N2O17S. The molecule has 2 saturated heterocycles. The lowest BCUT2D eigenvalue weighted by molar-refractivity contribution is -0.320. The number of aryl methyl sites for hydroxylation is 1. The first-order valence-corrected chi connectivity index (χ1v) is 24.6. The number of thioether (sulfide) groups is 1. The average Bonchev–Trinajstić information content (AvgIpc) is 3.81. The van der Waals surface area contributed by atoms with E-state index in [1.54, 1.807) is 60.7 Å². The zero-order valence-electron chi connectivity index (χ0n) is 40.6. The molecule has 0 radical (unpaired) electrons. The summed E-state index contributed by atoms with van der Waals surface area (Å²) in [7, 11) is 0. The van der Waals surface area contributed by atoms with Crippen molar-refractivity contribution in [1.29, 1.82) is 0 Å². The molecule has 4 aliphatic rings. The molecule has 386 valence electrons. The van der Waals surface area contributed by atoms with Crippen LogP contribution in [-0.2, 0) is 52.3 Å². The fraction of sp³-hybridized carbons (Fsp3) is 0.291. The van der Waals surface area contributed by atoms with Gasteiger partial charge in [-0.2, -0.15) is 0 Å². The number of fused-ring (bicyclic) bond motifs is 2. The van der Waals surface area contributed by atoms with E-state index in [1.165, 1.54) is 60.7 Å². The summed E-state index contributed by atoms with van der Waals surface area (Å²) in [5.74, 6) is -7.90. The van der Waals surface area contributed by atoms with Crippen LogP contribution in [0.15, 0.2) is 138 Å². The fourth-order valence-electron chi connectivity index (χ4n) is 9.41. The van der Waals surface area contributed by atoms with Gasteiger partial charge in [0.1, 0.15) is 49.0 Å². The predicted octanol–water partition coefficient (Wildman–Crippen LogP) is 5.76. The number of amides is 4. The summed E-state index contributed by atoms with van der Waals surface area (Å²) in [6.07, 6.45) is -12.4. The third kappa shape index (κ3) is 10.8. The molecule has 5 aromatic rings. The van der Waals surface area contributed by atoms with Crippen molar-refractivity contribution in [2.24, 2.45) is 0 Å². The Balaban J connectivity index is 1.24. The monoisotopic (exact) mass is 1040 g/mol. The number of carbonyl (C=O) groups excluding carboxylic acids is 9. The topological polar surface area (TPSA) is 234 Å². The molecule has 4 aliphatic heterocycles. The zero-order chi connectivity index (χ0) is 53.1. The molecule has 0 saturated carbocycles. The summed E-state index contributed by atoms with van der Waals surface area (Å²) in [5.41, 5.74) is -0.330. The third-order valence-corrected chi connectivity index (χ3v) is 13.9. The van der Waals surface area contributed by atoms with E-state index in [0.717, 1.165) is 47.9 Å². The highest BCUT2D eigenvalue weighted by molar-refractivity contribution is 7.99. The molecule has 0 N–H and O–H groups in total. The van der Waals surface area contributed by atoms with Crippen molar-refractivity contribution in [3.05, 3.63) is 172 Å². The lowest BCUT2D eigenvalue weighted by Gasteiger charge is -2.51. The van der Waals surface area contributed by atoms with Crippen molar-refractivity contribution in [1.82, 2.24) is 9.80 Å². The maximum absolute atomic E-state index is 14.8. The Bertz CT molecular complexity index is 2970. The molecule has 75 heavy (non-hydrogen) atoms. The van der Waals surface area contributed by atoms with E-state index < -0.39 is 127 Å². The van der Waals surface area contributed by atoms with Gasteiger partial charge in [0.15, 0.2) is 24.6 Å². The summed E-state index contributed by atoms with van der Waals surface area (Å²) < 4.78 is 49.9. The number of hydrogen-bond acceptors (Lipinski definition) is 18. The second kappa shape index (κ2) is 22.2. The minimum atomic E-state index is -2.05. The van der Waals surface area contributed by atoms with E-state index in [4.69, 9.17) is 37.9 Å². The van der Waals surface area contributed by atoms with Crippen molar-refractivity contribution < 1.29 is 81.0 Å². The van der Waals surface area contributed by atoms with Crippen molar-refractivity contribution >= 4 is 65.2 Å². The Kier molecular flexibility index (Phi) is 15.3. The average molecular weight is 1040 g/mol. The van der Waals surface area contributed by atoms with Gasteiger partial charge in [-0.25, -0.2) is 9.59 Å². The van der Waals surface area contributed by atoms with Gasteiger partial charge in [-0.1, -0.05) is 90.1 Å². The lowest BCUT2D eigenvalue weighted by Crippen LogP contribution is -2.71. The van der Waals surface area contributed by atoms with E-state index in [2.05, 4.69) is 0 Å². The van der Waals surface area contributed by atoms with Crippen LogP contribution in [0, 0.1) is 6.92 Å². The van der Waals surface area contributed by atoms with Crippen LogP contribution in [0.1, 0.15) is 88.5 Å². The van der Waals surface area contributed by atoms with Gasteiger partial charge in [0.05, 0.1) is 33.4 Å². The van der Waals surface area contributed by atoms with Gasteiger partial charge in [0.2, 0.25) is 0 Å². The van der Waals surface area contributed by atoms with Crippen LogP contribution in [0.2, 0.25) is 0 Å². The molecule has 9 rings (SSSR count). The molecule has 4 heterocycles. The minimum Gasteiger partial charge on any atom is -0.463 e. The smallest absolute Gasteiger partial charge is 0.338 e. The Labute approximate surface area is 433 Å². The van der Waals surface area contributed by atoms with Crippen LogP contribution in [0.25, 0.3) is 0 Å². The van der Waals surface area contributed by atoms with E-state index in [-0.39, 0.29) is 33.4 Å². The highest BCUT2D eigenvalue weighted by Gasteiger charge is 2.62. The highest BCUT2D eigenvalue weighted by Crippen LogP contribution is 2.44. The van der Waals surface area contributed by atoms with Gasteiger partial charge in [0.25, 0.3) is 23.6 Å². The third-order valence-electron chi connectivity index (χ3n) is 12.7. The predicted molar refractivity (Wildman–Crippen MR) is 261 cm³/mol. The lowest BCUT2D eigenvalue weighted by atomic mass is 9.93. The second-order valence-corrected chi connectivity index (χ2v) is 19.0. The SMILES string of the molecule is CC(=O)OC[C@H]1O[C@@H](O[C@H]2[C@H](OC(=O)c3ccccc3)[C@@H](N3C(=O)c4ccccc4C3=O)[C@H](Sc3ccc(C)cc3)O[C@@H]2COC(=O)c2ccccc2)[C@H](N2C(=O)c3ccccc3C2=O)[C@@H](OC(C)=O)[C@@H]1OC(C)=O. The Morgan fingerprint density at radius 3 is 1.43 bits per heavy atom. The molecule has 0 unspecified atom stereocenters. The Morgan fingerprint density at radius 2 is 0.920 bits per heavy atom. The maximum Gasteiger partial charge on any atom is 0.338 e. The van der Waals surface area contributed by atoms with Crippen LogP contribution in [0.5, 0.6) is 0 Å². The summed E-state index contributed by atoms with van der Waals surface area (Å²) >= 11 is 1.06. The number of esters is 5. The number of ether oxygens (including phenoxy) is 8. The van der Waals surface area contributed by atoms with Crippen molar-refractivity contribution in [2.75, 3.05) is 13.2 Å². The van der Waals surface area contributed by atoms with E-state index in [1.807, 2.05) is 19.1 Å². The summed E-state index contributed by atoms with van der Waals surface area (Å²) in [6, 6.07) is 31.3. The Hall–Kier alpha value is -8.04. The van der Waals surface area contributed by atoms with Gasteiger partial charge in [-0.15, -0.1) is 0 Å². The van der Waals surface area contributed by atoms with E-state index in [0.29, 0.717) is 4.90 Å². The number of rotatable bonds is 15. The van der Waals surface area contributed by atoms with Crippen molar-refractivity contribution in [2.45, 2.75) is 93.0 Å². The van der Waals surface area contributed by atoms with Gasteiger partial charge >= 0.3 is 29.8 Å². The first-order chi connectivity index (χ1) is 36.1. The quantitative estimate of drug-likeness (QED) is 0.0689. The molecule has 0 spiro atoms. The normalized spacial score (nSPS) is 25.0. The fourth-order valence-corrected chi connectivity index (χ4v) is 10.6. The van der Waals surface area contributed by atoms with Crippen LogP contribution >= 0.6 is 11.8 Å². The van der Waals surface area contributed by atoms with Crippen LogP contribution in [0.4, 0.5) is 0 Å². The molecule has 0 aliphatic carbocycles. The number of nitrogens with zero attached hydrogens (tertiary/aromatic N) is 2. The number of carbonyl (C=O) groups is 9. The highest BCUT2D eigenvalue weighted by atomic mass is 32.2. The molecule has 0 aromatic heterocycles. The molecule has 5 aromatic carbocycles. The number of hydrogen-bond donors (Lipinski definition) is 0. The first-order valence-electron chi connectivity index (χ1n) is 23.7. The maximum atomic E-state index is 14.8. The first kappa shape index (κ1) is 51.8. The van der Waals surface area contributed by atoms with E-state index in [9.17, 15) is 43.2 Å². The summed E-state index contributed by atoms with van der Waals surface area (Å²) in [5, 5.41) is 0. The second-order valence-electron chi connectivity index (χ2n) is 17.8. The largest absolute Gasteiger partial charge is 0.463 e. The van der Waals surface area contributed by atoms with Gasteiger partial charge in [-0.05, 0) is 67.6 Å². The van der Waals surface area contributed by atoms with Gasteiger partial charge < -0.3 is 37.9 Å². The van der Waals surface area contributed by atoms with Crippen LogP contribution < -0.4 is 0 Å². The number of imide groups is 2. The zero-order valence-corrected chi connectivity index (χ0v) is 41.4. The molecule has 2 fully saturated rings. The minimum absolute atomic E-state index is 0.0251. The molecule has 10 atom stereocenters. The summed E-state index contributed by atoms with van der Waals surface area (Å²) in [6.45, 7) is 3.69. The molecular weight excluding hydrogens is 993 g/mol. The van der Waals surface area contributed by atoms with Crippen molar-refractivity contribution in [3.63, 3.8) is 0 Å². The summed E-state index contributed by atoms with van der Waals surface area (Å²) in [4.78, 5) is 128. The van der Waals surface area contributed by atoms with E-state index >= 15 is 0 Å². The van der Waals surface area contributed by atoms with Crippen LogP contribution in [0.3, 0.4) is 0 Å². The van der Waals surface area contributed by atoms with Gasteiger partial charge in [0, 0.05) is 25.7 Å². The van der Waals surface area contributed by atoms with Gasteiger partial charge in [-0.3, -0.25) is 43.4 Å². The standard InChI is InChI=1S/C55H48N2O17S/c1-29-23-25-35(26-24-29)75-55-43(57-50(63)38-21-13-14-22-39(38)51(57)64)47(73-53(66)34-17-9-6-10-18-34)45(41(72-55)28-68-52(65)33-15-7-5-8-16-33)74-54-42(56-48(61)36-19-11-12-20-37(36)49(56)62)46(70-32(4)60)44(69-31(3)59)40(71-54)27-67-30(2)58/h5-26,40-47,54-55H,27-28H2,1-4H3/t40-,41-,42-,43-,44-,45-,46-,47-,54+,55+/m1/s1. The molecule has 20 heteroatoms. The molecule has 0 bridgehead atoms.